The van der Waals surface area contributed by atoms with Crippen molar-refractivity contribution in [1.82, 2.24) is 4.72 Å². The molecule has 4 nitrogen and oxygen atoms in total. The summed E-state index contributed by atoms with van der Waals surface area (Å²) in [4.78, 5) is 0. The Hall–Kier alpha value is -0.910. The van der Waals surface area contributed by atoms with Crippen molar-refractivity contribution >= 4 is 10.0 Å². The van der Waals surface area contributed by atoms with E-state index in [0.29, 0.717) is 12.5 Å². The Balaban J connectivity index is 2.03. The Morgan fingerprint density at radius 3 is 2.45 bits per heavy atom. The fourth-order valence-electron chi connectivity index (χ4n) is 2.98. The number of nitrogens with one attached hydrogen (secondary N) is 1. The first-order chi connectivity index (χ1) is 9.52. The lowest BCUT2D eigenvalue weighted by atomic mass is 10.0. The average molecular weight is 296 g/mol. The zero-order valence-corrected chi connectivity index (χ0v) is 12.8. The maximum Gasteiger partial charge on any atom is 0.216 e. The van der Waals surface area contributed by atoms with Crippen LogP contribution in [0.4, 0.5) is 0 Å². The molecular weight excluding hydrogens is 272 g/mol. The maximum atomic E-state index is 12.3. The molecule has 0 aliphatic heterocycles. The normalized spacial score (nSPS) is 18.3. The fourth-order valence-corrected chi connectivity index (χ4v) is 4.51. The lowest BCUT2D eigenvalue weighted by Crippen LogP contribution is -2.38. The van der Waals surface area contributed by atoms with Crippen molar-refractivity contribution in [1.29, 1.82) is 0 Å². The Labute approximate surface area is 121 Å². The summed E-state index contributed by atoms with van der Waals surface area (Å²) in [6, 6.07) is 7.47. The number of sulfonamides is 1. The van der Waals surface area contributed by atoms with E-state index in [9.17, 15) is 8.42 Å². The second-order valence-electron chi connectivity index (χ2n) is 5.68. The summed E-state index contributed by atoms with van der Waals surface area (Å²) in [5.74, 6) is 0.492. The van der Waals surface area contributed by atoms with Crippen LogP contribution in [0.5, 0.6) is 0 Å². The van der Waals surface area contributed by atoms with Gasteiger partial charge in [0.05, 0.1) is 5.75 Å². The number of nitrogens with two attached hydrogens (primary N) is 1. The van der Waals surface area contributed by atoms with Crippen LogP contribution in [0.2, 0.25) is 0 Å². The standard InChI is InChI=1S/C15H24N2O2S/c1-12(13-6-2-3-7-13)17-20(18,19)11-15-9-5-4-8-14(15)10-16/h4-5,8-9,12-13,17H,2-3,6-7,10-11,16H2,1H3. The van der Waals surface area contributed by atoms with Crippen LogP contribution in [0.25, 0.3) is 0 Å². The quantitative estimate of drug-likeness (QED) is 0.845. The van der Waals surface area contributed by atoms with E-state index in [2.05, 4.69) is 4.72 Å². The molecule has 0 radical (unpaired) electrons. The maximum absolute atomic E-state index is 12.3. The summed E-state index contributed by atoms with van der Waals surface area (Å²) >= 11 is 0. The highest BCUT2D eigenvalue weighted by atomic mass is 32.2. The summed E-state index contributed by atoms with van der Waals surface area (Å²) in [5, 5.41) is 0. The third kappa shape index (κ3) is 4.04. The minimum absolute atomic E-state index is 0.0113. The van der Waals surface area contributed by atoms with Crippen molar-refractivity contribution in [3.8, 4) is 0 Å². The molecule has 20 heavy (non-hydrogen) atoms. The third-order valence-corrected chi connectivity index (χ3v) is 5.58. The second kappa shape index (κ2) is 6.70. The van der Waals surface area contributed by atoms with Crippen molar-refractivity contribution < 1.29 is 8.42 Å². The second-order valence-corrected chi connectivity index (χ2v) is 7.44. The molecule has 0 bridgehead atoms. The first-order valence-electron chi connectivity index (χ1n) is 7.28. The van der Waals surface area contributed by atoms with Gasteiger partial charge in [-0.25, -0.2) is 13.1 Å². The van der Waals surface area contributed by atoms with Crippen LogP contribution < -0.4 is 10.5 Å². The van der Waals surface area contributed by atoms with Gasteiger partial charge in [0.1, 0.15) is 0 Å². The topological polar surface area (TPSA) is 72.2 Å². The van der Waals surface area contributed by atoms with Crippen LogP contribution in [0.15, 0.2) is 24.3 Å². The molecule has 0 heterocycles. The largest absolute Gasteiger partial charge is 0.326 e. The number of rotatable bonds is 6. The highest BCUT2D eigenvalue weighted by molar-refractivity contribution is 7.88. The van der Waals surface area contributed by atoms with E-state index in [1.54, 1.807) is 0 Å². The summed E-state index contributed by atoms with van der Waals surface area (Å²) < 4.78 is 27.4. The van der Waals surface area contributed by atoms with Crippen molar-refractivity contribution in [3.05, 3.63) is 35.4 Å². The smallest absolute Gasteiger partial charge is 0.216 e. The zero-order valence-electron chi connectivity index (χ0n) is 12.0. The van der Waals surface area contributed by atoms with E-state index in [0.717, 1.165) is 24.0 Å². The van der Waals surface area contributed by atoms with E-state index in [4.69, 9.17) is 5.73 Å². The molecule has 3 N–H and O–H groups in total. The van der Waals surface area contributed by atoms with Crippen LogP contribution in [-0.2, 0) is 22.3 Å². The van der Waals surface area contributed by atoms with Gasteiger partial charge >= 0.3 is 0 Å². The molecule has 0 saturated heterocycles. The minimum Gasteiger partial charge on any atom is -0.326 e. The van der Waals surface area contributed by atoms with Gasteiger partial charge in [-0.3, -0.25) is 0 Å². The van der Waals surface area contributed by atoms with Gasteiger partial charge < -0.3 is 5.73 Å². The van der Waals surface area contributed by atoms with Crippen LogP contribution in [0.1, 0.15) is 43.7 Å². The fraction of sp³-hybridized carbons (Fsp3) is 0.600. The summed E-state index contributed by atoms with van der Waals surface area (Å²) in [7, 11) is -3.31. The Kier molecular flexibility index (Phi) is 5.18. The lowest BCUT2D eigenvalue weighted by Gasteiger charge is -2.20. The van der Waals surface area contributed by atoms with Gasteiger partial charge in [0.15, 0.2) is 0 Å². The molecular formula is C15H24N2O2S. The van der Waals surface area contributed by atoms with Crippen LogP contribution >= 0.6 is 0 Å². The van der Waals surface area contributed by atoms with Gasteiger partial charge in [-0.1, -0.05) is 37.1 Å². The molecule has 5 heteroatoms. The molecule has 1 atom stereocenters. The third-order valence-electron chi connectivity index (χ3n) is 4.16. The van der Waals surface area contributed by atoms with Crippen molar-refractivity contribution in [2.45, 2.75) is 50.9 Å². The average Bonchev–Trinajstić information content (AvgIpc) is 2.92. The minimum atomic E-state index is -3.31. The van der Waals surface area contributed by atoms with Gasteiger partial charge in [0.25, 0.3) is 0 Å². The van der Waals surface area contributed by atoms with Crippen LogP contribution in [0.3, 0.4) is 0 Å². The summed E-state index contributed by atoms with van der Waals surface area (Å²) in [5.41, 5.74) is 7.34. The highest BCUT2D eigenvalue weighted by Gasteiger charge is 2.25. The van der Waals surface area contributed by atoms with Gasteiger partial charge in [-0.2, -0.15) is 0 Å². The predicted molar refractivity (Wildman–Crippen MR) is 81.5 cm³/mol. The molecule has 112 valence electrons. The molecule has 1 unspecified atom stereocenters. The molecule has 1 aliphatic carbocycles. The molecule has 0 amide bonds. The molecule has 0 aromatic heterocycles. The highest BCUT2D eigenvalue weighted by Crippen LogP contribution is 2.28. The molecule has 1 fully saturated rings. The first kappa shape index (κ1) is 15.5. The van der Waals surface area contributed by atoms with Gasteiger partial charge in [-0.05, 0) is 36.8 Å². The molecule has 1 saturated carbocycles. The molecule has 1 aromatic carbocycles. The Bertz CT molecular complexity index is 537. The van der Waals surface area contributed by atoms with Crippen LogP contribution in [-0.4, -0.2) is 14.5 Å². The zero-order chi connectivity index (χ0) is 14.6. The Morgan fingerprint density at radius 1 is 1.25 bits per heavy atom. The molecule has 2 rings (SSSR count). The predicted octanol–water partition coefficient (Wildman–Crippen LogP) is 2.14. The monoisotopic (exact) mass is 296 g/mol. The van der Waals surface area contributed by atoms with E-state index in [1.807, 2.05) is 31.2 Å². The van der Waals surface area contributed by atoms with E-state index < -0.39 is 10.0 Å². The van der Waals surface area contributed by atoms with Crippen molar-refractivity contribution in [2.75, 3.05) is 0 Å². The molecule has 1 aromatic rings. The van der Waals surface area contributed by atoms with Crippen molar-refractivity contribution in [3.63, 3.8) is 0 Å². The van der Waals surface area contributed by atoms with Crippen molar-refractivity contribution in [2.24, 2.45) is 11.7 Å². The van der Waals surface area contributed by atoms with E-state index in [1.165, 1.54) is 12.8 Å². The van der Waals surface area contributed by atoms with Gasteiger partial charge in [0, 0.05) is 12.6 Å². The number of benzene rings is 1. The SMILES string of the molecule is CC(NS(=O)(=O)Cc1ccccc1CN)C1CCCC1. The van der Waals surface area contributed by atoms with Crippen LogP contribution in [0, 0.1) is 5.92 Å². The van der Waals surface area contributed by atoms with E-state index >= 15 is 0 Å². The number of hydrogen-bond donors (Lipinski definition) is 2. The number of hydrogen-bond acceptors (Lipinski definition) is 3. The summed E-state index contributed by atoms with van der Waals surface area (Å²) in [6.07, 6.45) is 4.69. The Morgan fingerprint density at radius 2 is 1.85 bits per heavy atom. The first-order valence-corrected chi connectivity index (χ1v) is 8.94. The van der Waals surface area contributed by atoms with Gasteiger partial charge in [-0.15, -0.1) is 0 Å². The van der Waals surface area contributed by atoms with Gasteiger partial charge in [0.2, 0.25) is 10.0 Å². The lowest BCUT2D eigenvalue weighted by molar-refractivity contribution is 0.423. The van der Waals surface area contributed by atoms with E-state index in [-0.39, 0.29) is 11.8 Å². The summed E-state index contributed by atoms with van der Waals surface area (Å²) in [6.45, 7) is 2.34. The molecule has 0 spiro atoms. The molecule has 1 aliphatic rings.